The van der Waals surface area contributed by atoms with E-state index in [2.05, 4.69) is 0 Å². The van der Waals surface area contributed by atoms with Crippen LogP contribution in [0, 0.1) is 0 Å². The third kappa shape index (κ3) is 1.51. The highest BCUT2D eigenvalue weighted by Crippen LogP contribution is 2.47. The smallest absolute Gasteiger partial charge is 0.200 e. The summed E-state index contributed by atoms with van der Waals surface area (Å²) >= 11 is 0. The minimum atomic E-state index is -0.439. The van der Waals surface area contributed by atoms with Crippen LogP contribution in [0.5, 0.6) is 17.2 Å². The van der Waals surface area contributed by atoms with E-state index in [1.54, 1.807) is 6.07 Å². The Hall–Kier alpha value is -2.16. The Morgan fingerprint density at radius 3 is 2.39 bits per heavy atom. The number of hydrogen-bond donors (Lipinski definition) is 3. The van der Waals surface area contributed by atoms with Crippen molar-refractivity contribution >= 4 is 0 Å². The lowest BCUT2D eigenvalue weighted by atomic mass is 9.95. The zero-order valence-electron chi connectivity index (χ0n) is 9.85. The summed E-state index contributed by atoms with van der Waals surface area (Å²) in [5.41, 5.74) is 3.64. The van der Waals surface area contributed by atoms with Crippen LogP contribution >= 0.6 is 0 Å². The number of phenolic OH excluding ortho intramolecular Hbond substituents is 3. The van der Waals surface area contributed by atoms with Gasteiger partial charge in [0.25, 0.3) is 0 Å². The van der Waals surface area contributed by atoms with E-state index >= 15 is 0 Å². The van der Waals surface area contributed by atoms with E-state index in [1.165, 1.54) is 0 Å². The number of aromatic hydroxyl groups is 3. The molecule has 0 aromatic heterocycles. The molecule has 0 bridgehead atoms. The summed E-state index contributed by atoms with van der Waals surface area (Å²) in [6, 6.07) is 9.41. The van der Waals surface area contributed by atoms with E-state index in [1.807, 2.05) is 24.3 Å². The lowest BCUT2D eigenvalue weighted by Crippen LogP contribution is -1.89. The zero-order chi connectivity index (χ0) is 12.7. The van der Waals surface area contributed by atoms with Gasteiger partial charge in [-0.1, -0.05) is 24.3 Å². The van der Waals surface area contributed by atoms with E-state index in [0.717, 1.165) is 36.0 Å². The quantitative estimate of drug-likeness (QED) is 0.622. The van der Waals surface area contributed by atoms with Gasteiger partial charge in [-0.25, -0.2) is 0 Å². The first kappa shape index (κ1) is 11.0. The molecule has 2 aromatic carbocycles. The van der Waals surface area contributed by atoms with Gasteiger partial charge < -0.3 is 15.3 Å². The summed E-state index contributed by atoms with van der Waals surface area (Å²) in [4.78, 5) is 0. The maximum absolute atomic E-state index is 10.1. The van der Waals surface area contributed by atoms with Crippen molar-refractivity contribution < 1.29 is 15.3 Å². The number of rotatable bonds is 0. The van der Waals surface area contributed by atoms with Crippen molar-refractivity contribution in [3.63, 3.8) is 0 Å². The fourth-order valence-corrected chi connectivity index (χ4v) is 2.65. The van der Waals surface area contributed by atoms with Gasteiger partial charge in [-0.05, 0) is 42.0 Å². The molecule has 0 unspecified atom stereocenters. The third-order valence-corrected chi connectivity index (χ3v) is 3.51. The Morgan fingerprint density at radius 2 is 1.56 bits per heavy atom. The van der Waals surface area contributed by atoms with Crippen LogP contribution in [0.25, 0.3) is 11.1 Å². The van der Waals surface area contributed by atoms with Crippen molar-refractivity contribution in [3.8, 4) is 28.4 Å². The lowest BCUT2D eigenvalue weighted by Gasteiger charge is -2.13. The molecule has 3 N–H and O–H groups in total. The molecule has 2 aromatic rings. The topological polar surface area (TPSA) is 60.7 Å². The molecule has 0 fully saturated rings. The van der Waals surface area contributed by atoms with Crippen LogP contribution in [0.1, 0.15) is 17.5 Å². The number of aryl methyl sites for hydroxylation is 2. The van der Waals surface area contributed by atoms with Gasteiger partial charge >= 0.3 is 0 Å². The number of hydrogen-bond acceptors (Lipinski definition) is 3. The minimum absolute atomic E-state index is 0.223. The Balaban J connectivity index is 2.36. The maximum atomic E-state index is 10.1. The van der Waals surface area contributed by atoms with Gasteiger partial charge in [0.15, 0.2) is 11.5 Å². The highest BCUT2D eigenvalue weighted by Gasteiger charge is 2.22. The Morgan fingerprint density at radius 1 is 0.833 bits per heavy atom. The van der Waals surface area contributed by atoms with Crippen molar-refractivity contribution in [1.29, 1.82) is 0 Å². The summed E-state index contributed by atoms with van der Waals surface area (Å²) in [5, 5.41) is 29.4. The summed E-state index contributed by atoms with van der Waals surface area (Å²) in [6.07, 6.45) is 2.69. The van der Waals surface area contributed by atoms with Gasteiger partial charge in [0, 0.05) is 5.56 Å². The molecule has 1 aliphatic carbocycles. The molecule has 0 amide bonds. The van der Waals surface area contributed by atoms with Crippen LogP contribution in [-0.2, 0) is 12.8 Å². The summed E-state index contributed by atoms with van der Waals surface area (Å²) in [6.45, 7) is 0. The first-order valence-corrected chi connectivity index (χ1v) is 6.03. The number of benzene rings is 2. The first-order chi connectivity index (χ1) is 8.68. The minimum Gasteiger partial charge on any atom is -0.504 e. The highest BCUT2D eigenvalue weighted by molar-refractivity contribution is 5.81. The molecule has 0 saturated heterocycles. The molecule has 0 saturated carbocycles. The normalized spacial score (nSPS) is 13.6. The second-order valence-corrected chi connectivity index (χ2v) is 4.64. The van der Waals surface area contributed by atoms with Gasteiger partial charge in [0.2, 0.25) is 5.75 Å². The van der Waals surface area contributed by atoms with Crippen LogP contribution in [0.15, 0.2) is 30.3 Å². The van der Waals surface area contributed by atoms with Crippen LogP contribution in [0.2, 0.25) is 0 Å². The molecule has 92 valence electrons. The molecule has 0 aliphatic heterocycles. The average molecular weight is 242 g/mol. The van der Waals surface area contributed by atoms with Crippen LogP contribution in [0.3, 0.4) is 0 Å². The maximum Gasteiger partial charge on any atom is 0.200 e. The van der Waals surface area contributed by atoms with Crippen molar-refractivity contribution in [2.45, 2.75) is 19.3 Å². The molecule has 0 radical (unpaired) electrons. The van der Waals surface area contributed by atoms with E-state index in [-0.39, 0.29) is 11.5 Å². The van der Waals surface area contributed by atoms with Crippen molar-refractivity contribution in [2.75, 3.05) is 0 Å². The van der Waals surface area contributed by atoms with Crippen molar-refractivity contribution in [1.82, 2.24) is 0 Å². The second-order valence-electron chi connectivity index (χ2n) is 4.64. The largest absolute Gasteiger partial charge is 0.504 e. The summed E-state index contributed by atoms with van der Waals surface area (Å²) in [5.74, 6) is -0.921. The standard InChI is InChI=1S/C15H14O3/c16-12-8-10-6-3-5-9-4-1-2-7-11(9)13(10)15(18)14(12)17/h1-2,4,7-8,16-18H,3,5-6H2. The fraction of sp³-hybridized carbons (Fsp3) is 0.200. The van der Waals surface area contributed by atoms with E-state index in [9.17, 15) is 15.3 Å². The molecular formula is C15H14O3. The molecule has 0 heterocycles. The SMILES string of the molecule is Oc1cc2c(c(O)c1O)-c1ccccc1CCC2. The average Bonchev–Trinajstić information content (AvgIpc) is 2.55. The van der Waals surface area contributed by atoms with E-state index in [0.29, 0.717) is 5.56 Å². The second kappa shape index (κ2) is 3.95. The van der Waals surface area contributed by atoms with Crippen molar-refractivity contribution in [3.05, 3.63) is 41.5 Å². The van der Waals surface area contributed by atoms with Crippen LogP contribution < -0.4 is 0 Å². The Labute approximate surface area is 105 Å². The fourth-order valence-electron chi connectivity index (χ4n) is 2.65. The predicted octanol–water partition coefficient (Wildman–Crippen LogP) is 2.96. The van der Waals surface area contributed by atoms with Gasteiger partial charge in [-0.15, -0.1) is 0 Å². The van der Waals surface area contributed by atoms with Gasteiger partial charge in [-0.3, -0.25) is 0 Å². The molecule has 3 heteroatoms. The molecule has 0 spiro atoms. The third-order valence-electron chi connectivity index (χ3n) is 3.51. The van der Waals surface area contributed by atoms with E-state index in [4.69, 9.17) is 0 Å². The Kier molecular flexibility index (Phi) is 2.40. The molecule has 0 atom stereocenters. The van der Waals surface area contributed by atoms with E-state index < -0.39 is 5.75 Å². The molecule has 3 nitrogen and oxygen atoms in total. The van der Waals surface area contributed by atoms with Crippen molar-refractivity contribution in [2.24, 2.45) is 0 Å². The molecule has 18 heavy (non-hydrogen) atoms. The van der Waals surface area contributed by atoms with Gasteiger partial charge in [0.05, 0.1) is 0 Å². The Bertz CT molecular complexity index is 617. The lowest BCUT2D eigenvalue weighted by molar-refractivity contribution is 0.368. The number of fused-ring (bicyclic) bond motifs is 3. The molecule has 1 aliphatic rings. The monoisotopic (exact) mass is 242 g/mol. The van der Waals surface area contributed by atoms with Crippen LogP contribution in [-0.4, -0.2) is 15.3 Å². The zero-order valence-corrected chi connectivity index (χ0v) is 9.85. The first-order valence-electron chi connectivity index (χ1n) is 6.03. The van der Waals surface area contributed by atoms with Gasteiger partial charge in [-0.2, -0.15) is 0 Å². The predicted molar refractivity (Wildman–Crippen MR) is 68.9 cm³/mol. The summed E-state index contributed by atoms with van der Waals surface area (Å²) < 4.78 is 0. The number of phenols is 3. The molecule has 3 rings (SSSR count). The highest BCUT2D eigenvalue weighted by atomic mass is 16.3. The van der Waals surface area contributed by atoms with Gasteiger partial charge in [0.1, 0.15) is 0 Å². The van der Waals surface area contributed by atoms with Crippen LogP contribution in [0.4, 0.5) is 0 Å². The molecular weight excluding hydrogens is 228 g/mol. The summed E-state index contributed by atoms with van der Waals surface area (Å²) in [7, 11) is 0.